The highest BCUT2D eigenvalue weighted by Crippen LogP contribution is 2.28. The Bertz CT molecular complexity index is 1070. The van der Waals surface area contributed by atoms with Gasteiger partial charge in [0, 0.05) is 22.6 Å². The van der Waals surface area contributed by atoms with Crippen molar-refractivity contribution >= 4 is 11.6 Å². The maximum absolute atomic E-state index is 12.9. The molecule has 1 heterocycles. The maximum atomic E-state index is 12.9. The Kier molecular flexibility index (Phi) is 6.57. The molecule has 3 aromatic rings. The number of amides is 1. The smallest absolute Gasteiger partial charge is 0.273 e. The summed E-state index contributed by atoms with van der Waals surface area (Å²) in [6.07, 6.45) is 0.652. The highest BCUT2D eigenvalue weighted by Gasteiger charge is 2.17. The molecule has 0 aliphatic rings. The van der Waals surface area contributed by atoms with Crippen molar-refractivity contribution in [2.24, 2.45) is 5.10 Å². The third kappa shape index (κ3) is 4.22. The second kappa shape index (κ2) is 9.31. The van der Waals surface area contributed by atoms with Gasteiger partial charge in [-0.15, -0.1) is 0 Å². The summed E-state index contributed by atoms with van der Waals surface area (Å²) in [6, 6.07) is 17.4. The minimum atomic E-state index is -0.239. The van der Waals surface area contributed by atoms with E-state index in [9.17, 15) is 4.79 Å². The first-order valence-corrected chi connectivity index (χ1v) is 9.83. The van der Waals surface area contributed by atoms with Crippen molar-refractivity contribution in [1.29, 1.82) is 0 Å². The lowest BCUT2D eigenvalue weighted by molar-refractivity contribution is 0.0954. The molecule has 3 rings (SSSR count). The largest absolute Gasteiger partial charge is 0.493 e. The molecule has 0 aliphatic carbocycles. The number of methoxy groups -OCH3 is 2. The molecule has 0 aliphatic heterocycles. The van der Waals surface area contributed by atoms with E-state index in [4.69, 9.17) is 9.47 Å². The van der Waals surface area contributed by atoms with Crippen molar-refractivity contribution in [3.8, 4) is 17.2 Å². The van der Waals surface area contributed by atoms with Crippen LogP contribution in [0, 0.1) is 13.8 Å². The number of hydrogen-bond donors (Lipinski definition) is 1. The van der Waals surface area contributed by atoms with Gasteiger partial charge in [-0.1, -0.05) is 25.1 Å². The predicted octanol–water partition coefficient (Wildman–Crippen LogP) is 4.66. The third-order valence-electron chi connectivity index (χ3n) is 5.03. The zero-order valence-corrected chi connectivity index (χ0v) is 18.0. The van der Waals surface area contributed by atoms with E-state index in [1.54, 1.807) is 14.2 Å². The number of carbonyl (C=O) groups is 1. The number of nitrogens with zero attached hydrogens (tertiary/aromatic N) is 2. The zero-order chi connectivity index (χ0) is 21.7. The normalized spacial score (nSPS) is 11.3. The summed E-state index contributed by atoms with van der Waals surface area (Å²) in [5.74, 6) is 1.03. The summed E-state index contributed by atoms with van der Waals surface area (Å²) in [5, 5.41) is 4.38. The molecule has 1 aromatic heterocycles. The number of carbonyl (C=O) groups excluding carboxylic acids is 1. The molecule has 0 bridgehead atoms. The summed E-state index contributed by atoms with van der Waals surface area (Å²) >= 11 is 0. The third-order valence-corrected chi connectivity index (χ3v) is 5.03. The monoisotopic (exact) mass is 405 g/mol. The molecule has 0 spiro atoms. The van der Waals surface area contributed by atoms with E-state index in [1.807, 2.05) is 75.4 Å². The maximum Gasteiger partial charge on any atom is 0.273 e. The van der Waals surface area contributed by atoms with Gasteiger partial charge in [0.15, 0.2) is 11.5 Å². The Balaban J connectivity index is 1.86. The van der Waals surface area contributed by atoms with Crippen LogP contribution in [0.25, 0.3) is 5.69 Å². The summed E-state index contributed by atoms with van der Waals surface area (Å²) in [5.41, 5.74) is 7.81. The lowest BCUT2D eigenvalue weighted by Crippen LogP contribution is -2.20. The molecule has 6 nitrogen and oxygen atoms in total. The summed E-state index contributed by atoms with van der Waals surface area (Å²) in [6.45, 7) is 5.91. The van der Waals surface area contributed by atoms with Crippen LogP contribution in [-0.4, -0.2) is 30.4 Å². The van der Waals surface area contributed by atoms with Crippen LogP contribution < -0.4 is 14.9 Å². The first-order valence-electron chi connectivity index (χ1n) is 9.83. The minimum absolute atomic E-state index is 0.239. The zero-order valence-electron chi connectivity index (χ0n) is 18.0. The minimum Gasteiger partial charge on any atom is -0.493 e. The molecule has 2 aromatic carbocycles. The van der Waals surface area contributed by atoms with Gasteiger partial charge in [-0.25, -0.2) is 5.43 Å². The number of aromatic nitrogens is 1. The van der Waals surface area contributed by atoms with Crippen molar-refractivity contribution in [1.82, 2.24) is 9.99 Å². The molecule has 0 saturated heterocycles. The molecule has 6 heteroatoms. The highest BCUT2D eigenvalue weighted by atomic mass is 16.5. The second-order valence-electron chi connectivity index (χ2n) is 6.88. The van der Waals surface area contributed by atoms with Gasteiger partial charge in [-0.05, 0) is 56.7 Å². The number of hydrogen-bond acceptors (Lipinski definition) is 4. The van der Waals surface area contributed by atoms with Gasteiger partial charge in [0.05, 0.1) is 25.5 Å². The number of rotatable bonds is 7. The van der Waals surface area contributed by atoms with Crippen molar-refractivity contribution in [2.75, 3.05) is 14.2 Å². The number of para-hydroxylation sites is 1. The molecule has 156 valence electrons. The van der Waals surface area contributed by atoms with Gasteiger partial charge >= 0.3 is 0 Å². The fraction of sp³-hybridized carbons (Fsp3) is 0.250. The Morgan fingerprint density at radius 1 is 1.00 bits per heavy atom. The quantitative estimate of drug-likeness (QED) is 0.459. The van der Waals surface area contributed by atoms with Crippen LogP contribution in [0.4, 0.5) is 0 Å². The van der Waals surface area contributed by atoms with Gasteiger partial charge in [-0.2, -0.15) is 5.10 Å². The van der Waals surface area contributed by atoms with Gasteiger partial charge in [0.1, 0.15) is 0 Å². The predicted molar refractivity (Wildman–Crippen MR) is 119 cm³/mol. The lowest BCUT2D eigenvalue weighted by atomic mass is 10.1. The standard InChI is InChI=1S/C24H27N3O3/c1-6-21(18-12-13-22(29-4)23(15-18)30-5)25-26-24(28)20-14-16(2)27(17(20)3)19-10-8-7-9-11-19/h7-15H,6H2,1-5H3,(H,26,28)/b25-21-. The first-order chi connectivity index (χ1) is 14.5. The van der Waals surface area contributed by atoms with E-state index in [0.29, 0.717) is 23.5 Å². The van der Waals surface area contributed by atoms with Crippen molar-refractivity contribution in [3.63, 3.8) is 0 Å². The van der Waals surface area contributed by atoms with Gasteiger partial charge in [0.25, 0.3) is 5.91 Å². The Morgan fingerprint density at radius 3 is 2.33 bits per heavy atom. The second-order valence-corrected chi connectivity index (χ2v) is 6.88. The summed E-state index contributed by atoms with van der Waals surface area (Å²) in [7, 11) is 3.19. The number of hydrazone groups is 1. The van der Waals surface area contributed by atoms with Gasteiger partial charge in [-0.3, -0.25) is 4.79 Å². The summed E-state index contributed by atoms with van der Waals surface area (Å²) < 4.78 is 12.7. The molecule has 0 saturated carbocycles. The molecule has 0 radical (unpaired) electrons. The van der Waals surface area contributed by atoms with Crippen LogP contribution in [-0.2, 0) is 0 Å². The fourth-order valence-corrected chi connectivity index (χ4v) is 3.51. The summed E-state index contributed by atoms with van der Waals surface area (Å²) in [4.78, 5) is 12.9. The molecule has 0 unspecified atom stereocenters. The number of benzene rings is 2. The van der Waals surface area contributed by atoms with Gasteiger partial charge < -0.3 is 14.0 Å². The van der Waals surface area contributed by atoms with E-state index in [1.165, 1.54) is 0 Å². The van der Waals surface area contributed by atoms with Crippen LogP contribution in [0.15, 0.2) is 59.7 Å². The van der Waals surface area contributed by atoms with Crippen LogP contribution >= 0.6 is 0 Å². The van der Waals surface area contributed by atoms with Crippen LogP contribution in [0.3, 0.4) is 0 Å². The van der Waals surface area contributed by atoms with E-state index >= 15 is 0 Å². The van der Waals surface area contributed by atoms with E-state index in [-0.39, 0.29) is 5.91 Å². The Hall–Kier alpha value is -3.54. The van der Waals surface area contributed by atoms with E-state index in [2.05, 4.69) is 15.1 Å². The van der Waals surface area contributed by atoms with Crippen molar-refractivity contribution in [3.05, 3.63) is 77.1 Å². The molecular weight excluding hydrogens is 378 g/mol. The number of aryl methyl sites for hydroxylation is 1. The number of ether oxygens (including phenoxy) is 2. The SMILES string of the molecule is CC/C(=N/NC(=O)c1cc(C)n(-c2ccccc2)c1C)c1ccc(OC)c(OC)c1. The first kappa shape index (κ1) is 21.2. The topological polar surface area (TPSA) is 64.9 Å². The fourth-order valence-electron chi connectivity index (χ4n) is 3.51. The van der Waals surface area contributed by atoms with E-state index in [0.717, 1.165) is 28.4 Å². The van der Waals surface area contributed by atoms with Gasteiger partial charge in [0.2, 0.25) is 0 Å². The average Bonchev–Trinajstić information content (AvgIpc) is 3.08. The molecule has 0 fully saturated rings. The number of nitrogens with one attached hydrogen (secondary N) is 1. The van der Waals surface area contributed by atoms with Crippen LogP contribution in [0.5, 0.6) is 11.5 Å². The van der Waals surface area contributed by atoms with Crippen molar-refractivity contribution in [2.45, 2.75) is 27.2 Å². The molecule has 1 N–H and O–H groups in total. The highest BCUT2D eigenvalue weighted by molar-refractivity contribution is 6.02. The average molecular weight is 405 g/mol. The lowest BCUT2D eigenvalue weighted by Gasteiger charge is -2.11. The van der Waals surface area contributed by atoms with Crippen LogP contribution in [0.2, 0.25) is 0 Å². The molecule has 1 amide bonds. The Labute approximate surface area is 177 Å². The molecular formula is C24H27N3O3. The Morgan fingerprint density at radius 2 is 1.70 bits per heavy atom. The molecule has 30 heavy (non-hydrogen) atoms. The van der Waals surface area contributed by atoms with Crippen molar-refractivity contribution < 1.29 is 14.3 Å². The molecule has 0 atom stereocenters. The van der Waals surface area contributed by atoms with E-state index < -0.39 is 0 Å². The van der Waals surface area contributed by atoms with Crippen LogP contribution in [0.1, 0.15) is 40.7 Å².